The summed E-state index contributed by atoms with van der Waals surface area (Å²) in [6, 6.07) is 11.0. The van der Waals surface area contributed by atoms with Gasteiger partial charge in [0.1, 0.15) is 13.2 Å². The molecule has 5 rings (SSSR count). The summed E-state index contributed by atoms with van der Waals surface area (Å²) >= 11 is 0. The molecule has 13 heteroatoms. The molecule has 282 valence electrons. The number of sulfonamides is 1. The maximum Gasteiger partial charge on any atom is 0.435 e. The van der Waals surface area contributed by atoms with Gasteiger partial charge in [0.2, 0.25) is 0 Å². The molecule has 0 bridgehead atoms. The molecule has 2 aliphatic carbocycles. The molecule has 1 heterocycles. The fourth-order valence-corrected chi connectivity index (χ4v) is 7.60. The Morgan fingerprint density at radius 3 is 1.85 bits per heavy atom. The molecule has 2 atom stereocenters. The third-order valence-corrected chi connectivity index (χ3v) is 11.4. The van der Waals surface area contributed by atoms with Crippen LogP contribution in [-0.4, -0.2) is 47.9 Å². The number of rotatable bonds is 10. The number of alkyl halides is 3. The molecule has 3 aromatic rings. The number of ether oxygens (including phenoxy) is 2. The summed E-state index contributed by atoms with van der Waals surface area (Å²) in [5.41, 5.74) is 4.80. The lowest BCUT2D eigenvalue weighted by molar-refractivity contribution is -0.141. The van der Waals surface area contributed by atoms with Crippen LogP contribution < -0.4 is 0 Å². The summed E-state index contributed by atoms with van der Waals surface area (Å²) < 4.78 is 81.4. The fraction of sp³-hybridized carbons (Fsp3) is 0.375. The maximum atomic E-state index is 14.0. The lowest BCUT2D eigenvalue weighted by Gasteiger charge is -2.24. The van der Waals surface area contributed by atoms with Crippen molar-refractivity contribution in [2.45, 2.75) is 77.3 Å². The van der Waals surface area contributed by atoms with Gasteiger partial charge in [0, 0.05) is 5.56 Å². The Morgan fingerprint density at radius 1 is 0.868 bits per heavy atom. The summed E-state index contributed by atoms with van der Waals surface area (Å²) in [5.74, 6) is 0.588. The second-order valence-corrected chi connectivity index (χ2v) is 15.7. The Kier molecular flexibility index (Phi) is 11.9. The van der Waals surface area contributed by atoms with Crippen LogP contribution in [0.5, 0.6) is 0 Å². The molecule has 0 saturated carbocycles. The van der Waals surface area contributed by atoms with E-state index in [4.69, 9.17) is 9.47 Å². The molecule has 2 amide bonds. The van der Waals surface area contributed by atoms with Gasteiger partial charge in [0.05, 0.1) is 16.3 Å². The lowest BCUT2D eigenvalue weighted by Crippen LogP contribution is -2.43. The number of halogens is 3. The van der Waals surface area contributed by atoms with Gasteiger partial charge in [-0.25, -0.2) is 22.7 Å². The average molecular weight is 752 g/mol. The van der Waals surface area contributed by atoms with Crippen LogP contribution in [0.2, 0.25) is 0 Å². The Labute approximate surface area is 308 Å². The molecule has 2 aliphatic rings. The van der Waals surface area contributed by atoms with E-state index in [1.165, 1.54) is 12.1 Å². The van der Waals surface area contributed by atoms with Crippen LogP contribution in [0.25, 0.3) is 16.9 Å². The summed E-state index contributed by atoms with van der Waals surface area (Å²) in [6.07, 6.45) is 0.414. The molecule has 2 aromatic carbocycles. The highest BCUT2D eigenvalue weighted by atomic mass is 32.2. The monoisotopic (exact) mass is 751 g/mol. The van der Waals surface area contributed by atoms with Gasteiger partial charge in [-0.2, -0.15) is 18.3 Å². The first-order valence-electron chi connectivity index (χ1n) is 17.4. The number of imide groups is 1. The Morgan fingerprint density at radius 2 is 1.40 bits per heavy atom. The second-order valence-electron chi connectivity index (χ2n) is 13.9. The number of nitrogens with zero attached hydrogens (tertiary/aromatic N) is 3. The zero-order valence-electron chi connectivity index (χ0n) is 30.3. The number of amides is 2. The highest BCUT2D eigenvalue weighted by Crippen LogP contribution is 2.35. The van der Waals surface area contributed by atoms with E-state index in [-0.39, 0.29) is 28.9 Å². The standard InChI is InChI=1S/C40H44F3N3O6S/c1-25(2)31-13-9-29(10-14-31)23-51-38(47)46(39(48)52-24-30-11-15-32(16-12-30)26(3)4)53(49,50)34-19-17-33(18-20-34)45-36(22-37(44-45)40(41,42)43)35-21-27(5)7-8-28(35)6/h7-9,11,17-22,31-32H,1,3,10,12-16,23-24H2,2,4-6H3/t31-,32-/m1/s1. The first-order chi connectivity index (χ1) is 24.9. The van der Waals surface area contributed by atoms with Crippen LogP contribution in [0.15, 0.2) is 101 Å². The summed E-state index contributed by atoms with van der Waals surface area (Å²) in [4.78, 5) is 26.5. The quantitative estimate of drug-likeness (QED) is 0.190. The van der Waals surface area contributed by atoms with Gasteiger partial charge in [-0.1, -0.05) is 58.5 Å². The van der Waals surface area contributed by atoms with Gasteiger partial charge in [0.15, 0.2) is 5.69 Å². The summed E-state index contributed by atoms with van der Waals surface area (Å²) in [5, 5.41) is 3.81. The van der Waals surface area contributed by atoms with Crippen LogP contribution in [-0.2, 0) is 25.7 Å². The lowest BCUT2D eigenvalue weighted by atomic mass is 9.86. The molecule has 0 N–H and O–H groups in total. The Bertz CT molecular complexity index is 2020. The van der Waals surface area contributed by atoms with E-state index in [2.05, 4.69) is 18.3 Å². The minimum absolute atomic E-state index is 0.0423. The molecule has 0 fully saturated rings. The van der Waals surface area contributed by atoms with Gasteiger partial charge < -0.3 is 9.47 Å². The summed E-state index contributed by atoms with van der Waals surface area (Å²) in [6.45, 7) is 15.0. The van der Waals surface area contributed by atoms with Crippen molar-refractivity contribution in [2.24, 2.45) is 11.8 Å². The highest BCUT2D eigenvalue weighted by Gasteiger charge is 2.39. The molecule has 9 nitrogen and oxygen atoms in total. The highest BCUT2D eigenvalue weighted by molar-refractivity contribution is 7.90. The molecular formula is C40H44F3N3O6S. The third-order valence-electron chi connectivity index (χ3n) is 9.79. The Balaban J connectivity index is 1.44. The number of benzene rings is 2. The molecule has 0 radical (unpaired) electrons. The van der Waals surface area contributed by atoms with Gasteiger partial charge in [-0.3, -0.25) is 0 Å². The number of aryl methyl sites for hydroxylation is 2. The second kappa shape index (κ2) is 16.0. The normalized spacial score (nSPS) is 17.7. The molecule has 0 aliphatic heterocycles. The van der Waals surface area contributed by atoms with Crippen molar-refractivity contribution in [3.63, 3.8) is 0 Å². The number of hydrogen-bond donors (Lipinski definition) is 0. The van der Waals surface area contributed by atoms with Gasteiger partial charge in [-0.15, -0.1) is 0 Å². The Hall–Kier alpha value is -4.91. The van der Waals surface area contributed by atoms with E-state index in [1.807, 2.05) is 39.0 Å². The topological polar surface area (TPSA) is 108 Å². The maximum absolute atomic E-state index is 14.0. The van der Waals surface area contributed by atoms with Crippen LogP contribution in [0.1, 0.15) is 69.2 Å². The predicted molar refractivity (Wildman–Crippen MR) is 196 cm³/mol. The van der Waals surface area contributed by atoms with Crippen LogP contribution in [0.3, 0.4) is 0 Å². The number of allylic oxidation sites excluding steroid dienone is 4. The van der Waals surface area contributed by atoms with Crippen LogP contribution in [0.4, 0.5) is 22.8 Å². The van der Waals surface area contributed by atoms with Crippen molar-refractivity contribution in [1.29, 1.82) is 0 Å². The number of hydrogen-bond acceptors (Lipinski definition) is 7. The predicted octanol–water partition coefficient (Wildman–Crippen LogP) is 10.0. The van der Waals surface area contributed by atoms with E-state index >= 15 is 0 Å². The number of carbonyl (C=O) groups is 2. The fourth-order valence-electron chi connectivity index (χ4n) is 6.42. The van der Waals surface area contributed by atoms with E-state index < -0.39 is 39.0 Å². The molecule has 0 saturated heterocycles. The number of carbonyl (C=O) groups excluding carboxylic acids is 2. The van der Waals surface area contributed by atoms with Crippen molar-refractivity contribution in [2.75, 3.05) is 13.2 Å². The molecule has 1 aromatic heterocycles. The van der Waals surface area contributed by atoms with Crippen LogP contribution >= 0.6 is 0 Å². The van der Waals surface area contributed by atoms with Crippen molar-refractivity contribution < 1.29 is 40.7 Å². The van der Waals surface area contributed by atoms with Gasteiger partial charge in [0.25, 0.3) is 10.0 Å². The molecular weight excluding hydrogens is 708 g/mol. The number of aromatic nitrogens is 2. The first-order valence-corrected chi connectivity index (χ1v) is 18.8. The van der Waals surface area contributed by atoms with Crippen molar-refractivity contribution >= 4 is 22.2 Å². The first kappa shape index (κ1) is 39.3. The van der Waals surface area contributed by atoms with Crippen molar-refractivity contribution in [3.05, 3.63) is 113 Å². The zero-order valence-corrected chi connectivity index (χ0v) is 31.1. The van der Waals surface area contributed by atoms with E-state index in [0.29, 0.717) is 48.6 Å². The smallest absolute Gasteiger partial charge is 0.435 e. The van der Waals surface area contributed by atoms with Gasteiger partial charge in [-0.05, 0) is 131 Å². The van der Waals surface area contributed by atoms with Crippen LogP contribution in [0, 0.1) is 25.7 Å². The van der Waals surface area contributed by atoms with E-state index in [1.54, 1.807) is 19.1 Å². The summed E-state index contributed by atoms with van der Waals surface area (Å²) in [7, 11) is -4.92. The third kappa shape index (κ3) is 9.19. The minimum Gasteiger partial charge on any atom is -0.444 e. The SMILES string of the molecule is C=C(C)[C@@H]1CC=C(COC(=O)N(C(=O)OCC2=CC[C@@H](C(=C)C)CC2)S(=O)(=O)c2ccc(-n3nc(C(F)(F)F)cc3-c3cc(C)ccc3C)cc2)CC1. The van der Waals surface area contributed by atoms with Crippen molar-refractivity contribution in [1.82, 2.24) is 14.1 Å². The molecule has 0 unspecified atom stereocenters. The zero-order chi connectivity index (χ0) is 38.7. The average Bonchev–Trinajstić information content (AvgIpc) is 3.57. The van der Waals surface area contributed by atoms with Gasteiger partial charge >= 0.3 is 18.4 Å². The van der Waals surface area contributed by atoms with E-state index in [9.17, 15) is 31.2 Å². The molecule has 53 heavy (non-hydrogen) atoms. The van der Waals surface area contributed by atoms with Crippen molar-refractivity contribution in [3.8, 4) is 16.9 Å². The van der Waals surface area contributed by atoms with E-state index in [0.717, 1.165) is 63.6 Å². The molecule has 0 spiro atoms. The minimum atomic E-state index is -4.92. The largest absolute Gasteiger partial charge is 0.444 e.